The van der Waals surface area contributed by atoms with Gasteiger partial charge in [0.2, 0.25) is 0 Å². The van der Waals surface area contributed by atoms with Crippen molar-refractivity contribution in [3.8, 4) is 0 Å². The molecule has 0 bridgehead atoms. The van der Waals surface area contributed by atoms with Crippen molar-refractivity contribution in [1.29, 1.82) is 0 Å². The molecule has 0 radical (unpaired) electrons. The Morgan fingerprint density at radius 2 is 2.00 bits per heavy atom. The summed E-state index contributed by atoms with van der Waals surface area (Å²) in [5.74, 6) is 1.76. The fourth-order valence-corrected chi connectivity index (χ4v) is 2.17. The van der Waals surface area contributed by atoms with Crippen LogP contribution >= 0.6 is 0 Å². The molecular weight excluding hydrogens is 224 g/mol. The second-order valence-corrected chi connectivity index (χ2v) is 5.56. The van der Waals surface area contributed by atoms with Crippen LogP contribution in [0.5, 0.6) is 0 Å². The van der Waals surface area contributed by atoms with Gasteiger partial charge in [0.25, 0.3) is 0 Å². The molecule has 1 heterocycles. The Morgan fingerprint density at radius 3 is 2.56 bits per heavy atom. The topological polar surface area (TPSA) is 42.7 Å². The third-order valence-electron chi connectivity index (χ3n) is 3.28. The van der Waals surface area contributed by atoms with E-state index < -0.39 is 0 Å². The quantitative estimate of drug-likeness (QED) is 0.773. The maximum atomic E-state index is 4.37. The van der Waals surface area contributed by atoms with Crippen LogP contribution in [0.4, 0.5) is 0 Å². The predicted octanol–water partition coefficient (Wildman–Crippen LogP) is 2.82. The molecule has 18 heavy (non-hydrogen) atoms. The zero-order chi connectivity index (χ0) is 13.5. The van der Waals surface area contributed by atoms with Crippen LogP contribution in [0.2, 0.25) is 0 Å². The maximum absolute atomic E-state index is 4.37. The van der Waals surface area contributed by atoms with Crippen molar-refractivity contribution in [3.05, 3.63) is 12.2 Å². The zero-order valence-electron chi connectivity index (χ0n) is 12.5. The van der Waals surface area contributed by atoms with Gasteiger partial charge in [0.15, 0.2) is 0 Å². The van der Waals surface area contributed by atoms with Gasteiger partial charge in [-0.3, -0.25) is 0 Å². The largest absolute Gasteiger partial charge is 0.314 e. The summed E-state index contributed by atoms with van der Waals surface area (Å²) in [5, 5.41) is 7.91. The van der Waals surface area contributed by atoms with Crippen molar-refractivity contribution in [2.75, 3.05) is 6.54 Å². The molecule has 4 nitrogen and oxygen atoms in total. The first-order valence-electron chi connectivity index (χ1n) is 7.18. The summed E-state index contributed by atoms with van der Waals surface area (Å²) >= 11 is 0. The SMILES string of the molecule is CCCNC(CCc1ncnn1C(C)C)C(C)C. The van der Waals surface area contributed by atoms with E-state index >= 15 is 0 Å². The van der Waals surface area contributed by atoms with Gasteiger partial charge >= 0.3 is 0 Å². The van der Waals surface area contributed by atoms with Crippen molar-refractivity contribution in [1.82, 2.24) is 20.1 Å². The summed E-state index contributed by atoms with van der Waals surface area (Å²) in [5.41, 5.74) is 0. The fraction of sp³-hybridized carbons (Fsp3) is 0.857. The zero-order valence-corrected chi connectivity index (χ0v) is 12.5. The average molecular weight is 252 g/mol. The van der Waals surface area contributed by atoms with Gasteiger partial charge in [0.1, 0.15) is 12.2 Å². The van der Waals surface area contributed by atoms with Gasteiger partial charge in [-0.1, -0.05) is 20.8 Å². The standard InChI is InChI=1S/C14H28N4/c1-6-9-15-13(11(2)3)7-8-14-16-10-17-18(14)12(4)5/h10-13,15H,6-9H2,1-5H3. The molecule has 0 spiro atoms. The van der Waals surface area contributed by atoms with Crippen LogP contribution in [0.1, 0.15) is 59.3 Å². The maximum Gasteiger partial charge on any atom is 0.138 e. The number of rotatable bonds is 8. The van der Waals surface area contributed by atoms with E-state index in [-0.39, 0.29) is 0 Å². The van der Waals surface area contributed by atoms with E-state index in [2.05, 4.69) is 50.0 Å². The monoisotopic (exact) mass is 252 g/mol. The summed E-state index contributed by atoms with van der Waals surface area (Å²) < 4.78 is 2.03. The fourth-order valence-electron chi connectivity index (χ4n) is 2.17. The molecule has 0 fully saturated rings. The van der Waals surface area contributed by atoms with Crippen LogP contribution in [0.3, 0.4) is 0 Å². The lowest BCUT2D eigenvalue weighted by Crippen LogP contribution is -2.35. The van der Waals surface area contributed by atoms with E-state index in [1.165, 1.54) is 6.42 Å². The van der Waals surface area contributed by atoms with Gasteiger partial charge in [-0.15, -0.1) is 0 Å². The van der Waals surface area contributed by atoms with Crippen molar-refractivity contribution in [3.63, 3.8) is 0 Å². The third-order valence-corrected chi connectivity index (χ3v) is 3.28. The van der Waals surface area contributed by atoms with Gasteiger partial charge in [-0.2, -0.15) is 5.10 Å². The number of nitrogens with one attached hydrogen (secondary N) is 1. The second-order valence-electron chi connectivity index (χ2n) is 5.56. The van der Waals surface area contributed by atoms with Crippen LogP contribution in [-0.4, -0.2) is 27.4 Å². The Hall–Kier alpha value is -0.900. The lowest BCUT2D eigenvalue weighted by molar-refractivity contribution is 0.370. The molecule has 1 unspecified atom stereocenters. The molecule has 104 valence electrons. The van der Waals surface area contributed by atoms with Crippen LogP contribution in [-0.2, 0) is 6.42 Å². The van der Waals surface area contributed by atoms with E-state index in [0.29, 0.717) is 18.0 Å². The first-order valence-corrected chi connectivity index (χ1v) is 7.18. The normalized spacial score (nSPS) is 13.5. The minimum Gasteiger partial charge on any atom is -0.314 e. The van der Waals surface area contributed by atoms with Crippen molar-refractivity contribution in [2.45, 2.75) is 66.0 Å². The number of nitrogens with zero attached hydrogens (tertiary/aromatic N) is 3. The lowest BCUT2D eigenvalue weighted by Gasteiger charge is -2.22. The number of aromatic nitrogens is 3. The Balaban J connectivity index is 2.53. The molecule has 0 amide bonds. The highest BCUT2D eigenvalue weighted by Crippen LogP contribution is 2.12. The van der Waals surface area contributed by atoms with Crippen molar-refractivity contribution < 1.29 is 0 Å². The molecular formula is C14H28N4. The summed E-state index contributed by atoms with van der Waals surface area (Å²) in [6.07, 6.45) is 4.98. The number of hydrogen-bond donors (Lipinski definition) is 1. The predicted molar refractivity (Wildman–Crippen MR) is 75.6 cm³/mol. The first kappa shape index (κ1) is 15.2. The Kier molecular flexibility index (Phi) is 6.33. The van der Waals surface area contributed by atoms with Gasteiger partial charge in [0, 0.05) is 18.5 Å². The van der Waals surface area contributed by atoms with Gasteiger partial charge in [-0.05, 0) is 39.2 Å². The third kappa shape index (κ3) is 4.41. The molecule has 0 saturated heterocycles. The highest BCUT2D eigenvalue weighted by atomic mass is 15.3. The molecule has 1 aromatic heterocycles. The summed E-state index contributed by atoms with van der Waals surface area (Å²) in [6.45, 7) is 12.2. The Bertz CT molecular complexity index is 330. The van der Waals surface area contributed by atoms with Crippen LogP contribution < -0.4 is 5.32 Å². The first-order chi connectivity index (χ1) is 8.56. The van der Waals surface area contributed by atoms with E-state index in [4.69, 9.17) is 0 Å². The number of hydrogen-bond acceptors (Lipinski definition) is 3. The van der Waals surface area contributed by atoms with E-state index in [9.17, 15) is 0 Å². The highest BCUT2D eigenvalue weighted by molar-refractivity contribution is 4.88. The van der Waals surface area contributed by atoms with Gasteiger partial charge < -0.3 is 5.32 Å². The molecule has 0 aliphatic carbocycles. The smallest absolute Gasteiger partial charge is 0.138 e. The summed E-state index contributed by atoms with van der Waals surface area (Å²) in [4.78, 5) is 4.37. The van der Waals surface area contributed by atoms with E-state index in [1.54, 1.807) is 6.33 Å². The molecule has 0 saturated carbocycles. The van der Waals surface area contributed by atoms with E-state index in [0.717, 1.165) is 25.2 Å². The Labute approximate surface area is 111 Å². The minimum atomic E-state index is 0.392. The molecule has 4 heteroatoms. The van der Waals surface area contributed by atoms with Crippen molar-refractivity contribution in [2.24, 2.45) is 5.92 Å². The van der Waals surface area contributed by atoms with Gasteiger partial charge in [0.05, 0.1) is 0 Å². The van der Waals surface area contributed by atoms with Crippen LogP contribution in [0.25, 0.3) is 0 Å². The number of aryl methyl sites for hydroxylation is 1. The molecule has 1 aromatic rings. The molecule has 0 aromatic carbocycles. The minimum absolute atomic E-state index is 0.392. The molecule has 1 N–H and O–H groups in total. The van der Waals surface area contributed by atoms with Gasteiger partial charge in [-0.25, -0.2) is 9.67 Å². The average Bonchev–Trinajstić information content (AvgIpc) is 2.77. The highest BCUT2D eigenvalue weighted by Gasteiger charge is 2.15. The van der Waals surface area contributed by atoms with Crippen LogP contribution in [0, 0.1) is 5.92 Å². The molecule has 0 aliphatic rings. The molecule has 1 atom stereocenters. The molecule has 1 rings (SSSR count). The van der Waals surface area contributed by atoms with Crippen molar-refractivity contribution >= 4 is 0 Å². The summed E-state index contributed by atoms with van der Waals surface area (Å²) in [7, 11) is 0. The summed E-state index contributed by atoms with van der Waals surface area (Å²) in [6, 6.07) is 0.964. The Morgan fingerprint density at radius 1 is 1.28 bits per heavy atom. The van der Waals surface area contributed by atoms with E-state index in [1.807, 2.05) is 4.68 Å². The molecule has 0 aliphatic heterocycles. The lowest BCUT2D eigenvalue weighted by atomic mass is 9.99. The second kappa shape index (κ2) is 7.52. The van der Waals surface area contributed by atoms with Crippen LogP contribution in [0.15, 0.2) is 6.33 Å².